The summed E-state index contributed by atoms with van der Waals surface area (Å²) in [6.07, 6.45) is -6.37. The molecular formula is C7H7F5. The van der Waals surface area contributed by atoms with Crippen molar-refractivity contribution >= 4 is 0 Å². The molecule has 1 aliphatic rings. The van der Waals surface area contributed by atoms with E-state index in [1.165, 1.54) is 0 Å². The summed E-state index contributed by atoms with van der Waals surface area (Å²) in [5.74, 6) is -0.963. The van der Waals surface area contributed by atoms with Crippen molar-refractivity contribution in [3.63, 3.8) is 0 Å². The lowest BCUT2D eigenvalue weighted by molar-refractivity contribution is -0.106. The van der Waals surface area contributed by atoms with Gasteiger partial charge < -0.3 is 0 Å². The standard InChI is InChI=1S/C7H7F5/c8-6(9)5(7(10,11)12)4-2-1-3-4/h4H,1-3H2. The molecule has 0 aromatic heterocycles. The Hall–Kier alpha value is -0.610. The predicted molar refractivity (Wildman–Crippen MR) is 32.6 cm³/mol. The molecule has 70 valence electrons. The highest BCUT2D eigenvalue weighted by Gasteiger charge is 2.44. The summed E-state index contributed by atoms with van der Waals surface area (Å²) in [6.45, 7) is 0. The van der Waals surface area contributed by atoms with Crippen LogP contribution in [0, 0.1) is 5.92 Å². The Balaban J connectivity index is 2.82. The van der Waals surface area contributed by atoms with Crippen molar-refractivity contribution in [3.8, 4) is 0 Å². The Labute approximate surface area is 66.1 Å². The average molecular weight is 186 g/mol. The first-order valence-electron chi connectivity index (χ1n) is 3.55. The van der Waals surface area contributed by atoms with E-state index in [4.69, 9.17) is 0 Å². The van der Waals surface area contributed by atoms with Gasteiger partial charge in [0.15, 0.2) is 0 Å². The molecule has 12 heavy (non-hydrogen) atoms. The Morgan fingerprint density at radius 2 is 1.58 bits per heavy atom. The summed E-state index contributed by atoms with van der Waals surface area (Å²) < 4.78 is 59.4. The Bertz CT molecular complexity index is 194. The lowest BCUT2D eigenvalue weighted by Crippen LogP contribution is -2.25. The van der Waals surface area contributed by atoms with E-state index in [-0.39, 0.29) is 12.8 Å². The summed E-state index contributed by atoms with van der Waals surface area (Å²) in [5.41, 5.74) is -1.62. The molecule has 0 nitrogen and oxygen atoms in total. The van der Waals surface area contributed by atoms with Crippen LogP contribution in [0.2, 0.25) is 0 Å². The quantitative estimate of drug-likeness (QED) is 0.550. The van der Waals surface area contributed by atoms with E-state index in [1.54, 1.807) is 0 Å². The first kappa shape index (κ1) is 9.48. The molecule has 0 amide bonds. The molecule has 0 heterocycles. The van der Waals surface area contributed by atoms with E-state index in [0.29, 0.717) is 6.42 Å². The van der Waals surface area contributed by atoms with Crippen LogP contribution in [0.25, 0.3) is 0 Å². The number of hydrogen-bond acceptors (Lipinski definition) is 0. The fourth-order valence-corrected chi connectivity index (χ4v) is 1.19. The summed E-state index contributed by atoms with van der Waals surface area (Å²) in [5, 5.41) is 0. The van der Waals surface area contributed by atoms with Gasteiger partial charge in [-0.2, -0.15) is 22.0 Å². The fourth-order valence-electron chi connectivity index (χ4n) is 1.19. The minimum absolute atomic E-state index is 0.228. The van der Waals surface area contributed by atoms with Gasteiger partial charge in [0.25, 0.3) is 6.08 Å². The zero-order valence-corrected chi connectivity index (χ0v) is 6.09. The van der Waals surface area contributed by atoms with E-state index in [1.807, 2.05) is 0 Å². The molecule has 1 aliphatic carbocycles. The van der Waals surface area contributed by atoms with Crippen LogP contribution in [0.5, 0.6) is 0 Å². The highest BCUT2D eigenvalue weighted by molar-refractivity contribution is 5.15. The van der Waals surface area contributed by atoms with Crippen molar-refractivity contribution in [2.45, 2.75) is 25.4 Å². The number of alkyl halides is 3. The van der Waals surface area contributed by atoms with Gasteiger partial charge in [-0.15, -0.1) is 0 Å². The molecule has 0 spiro atoms. The molecule has 0 unspecified atom stereocenters. The van der Waals surface area contributed by atoms with Gasteiger partial charge in [0.05, 0.1) is 0 Å². The lowest BCUT2D eigenvalue weighted by atomic mass is 9.80. The van der Waals surface area contributed by atoms with Gasteiger partial charge in [-0.05, 0) is 18.8 Å². The van der Waals surface area contributed by atoms with Crippen LogP contribution in [0.3, 0.4) is 0 Å². The van der Waals surface area contributed by atoms with Gasteiger partial charge in [0, 0.05) is 0 Å². The third-order valence-corrected chi connectivity index (χ3v) is 2.02. The van der Waals surface area contributed by atoms with Crippen LogP contribution in [-0.4, -0.2) is 6.18 Å². The van der Waals surface area contributed by atoms with E-state index >= 15 is 0 Å². The van der Waals surface area contributed by atoms with Gasteiger partial charge >= 0.3 is 6.18 Å². The molecule has 0 aromatic rings. The smallest absolute Gasteiger partial charge is 0.173 e. The third-order valence-electron chi connectivity index (χ3n) is 2.02. The maximum Gasteiger partial charge on any atom is 0.418 e. The van der Waals surface area contributed by atoms with Crippen molar-refractivity contribution < 1.29 is 22.0 Å². The molecule has 0 saturated heterocycles. The minimum atomic E-state index is -4.86. The van der Waals surface area contributed by atoms with Gasteiger partial charge in [-0.3, -0.25) is 0 Å². The average Bonchev–Trinajstić information content (AvgIpc) is 1.73. The molecule has 1 rings (SSSR count). The maximum absolute atomic E-state index is 11.9. The van der Waals surface area contributed by atoms with E-state index in [0.717, 1.165) is 0 Å². The first-order valence-corrected chi connectivity index (χ1v) is 3.55. The van der Waals surface area contributed by atoms with Crippen molar-refractivity contribution in [1.29, 1.82) is 0 Å². The second kappa shape index (κ2) is 3.03. The molecule has 0 aliphatic heterocycles. The van der Waals surface area contributed by atoms with Crippen molar-refractivity contribution in [1.82, 2.24) is 0 Å². The molecule has 5 heteroatoms. The zero-order chi connectivity index (χ0) is 9.35. The van der Waals surface area contributed by atoms with Crippen LogP contribution < -0.4 is 0 Å². The second-order valence-corrected chi connectivity index (χ2v) is 2.80. The molecule has 1 saturated carbocycles. The monoisotopic (exact) mass is 186 g/mol. The van der Waals surface area contributed by atoms with Crippen molar-refractivity contribution in [2.24, 2.45) is 5.92 Å². The Morgan fingerprint density at radius 1 is 1.08 bits per heavy atom. The minimum Gasteiger partial charge on any atom is -0.173 e. The molecule has 0 bridgehead atoms. The Kier molecular flexibility index (Phi) is 2.39. The predicted octanol–water partition coefficient (Wildman–Crippen LogP) is 3.50. The Morgan fingerprint density at radius 3 is 1.67 bits per heavy atom. The summed E-state index contributed by atoms with van der Waals surface area (Å²) in [4.78, 5) is 0. The molecule has 0 radical (unpaired) electrons. The molecule has 1 fully saturated rings. The fraction of sp³-hybridized carbons (Fsp3) is 0.714. The normalized spacial score (nSPS) is 18.8. The van der Waals surface area contributed by atoms with Gasteiger partial charge in [0.2, 0.25) is 0 Å². The van der Waals surface area contributed by atoms with Crippen LogP contribution >= 0.6 is 0 Å². The first-order chi connectivity index (χ1) is 5.43. The van der Waals surface area contributed by atoms with Crippen molar-refractivity contribution in [2.75, 3.05) is 0 Å². The van der Waals surface area contributed by atoms with Crippen LogP contribution in [-0.2, 0) is 0 Å². The molecular weight excluding hydrogens is 179 g/mol. The second-order valence-electron chi connectivity index (χ2n) is 2.80. The largest absolute Gasteiger partial charge is 0.418 e. The third kappa shape index (κ3) is 1.76. The topological polar surface area (TPSA) is 0 Å². The van der Waals surface area contributed by atoms with Gasteiger partial charge in [0.1, 0.15) is 5.57 Å². The summed E-state index contributed by atoms with van der Waals surface area (Å²) in [7, 11) is 0. The van der Waals surface area contributed by atoms with Gasteiger partial charge in [-0.25, -0.2) is 0 Å². The highest BCUT2D eigenvalue weighted by atomic mass is 19.4. The number of hydrogen-bond donors (Lipinski definition) is 0. The van der Waals surface area contributed by atoms with Gasteiger partial charge in [-0.1, -0.05) is 6.42 Å². The maximum atomic E-state index is 11.9. The molecule has 0 N–H and O–H groups in total. The van der Waals surface area contributed by atoms with Crippen LogP contribution in [0.1, 0.15) is 19.3 Å². The lowest BCUT2D eigenvalue weighted by Gasteiger charge is -2.28. The molecule has 0 aromatic carbocycles. The van der Waals surface area contributed by atoms with E-state index in [2.05, 4.69) is 0 Å². The van der Waals surface area contributed by atoms with Crippen LogP contribution in [0.4, 0.5) is 22.0 Å². The summed E-state index contributed by atoms with van der Waals surface area (Å²) >= 11 is 0. The number of halogens is 5. The highest BCUT2D eigenvalue weighted by Crippen LogP contribution is 2.43. The SMILES string of the molecule is FC(F)=C(C1CCC1)C(F)(F)F. The van der Waals surface area contributed by atoms with Crippen LogP contribution in [0.15, 0.2) is 11.7 Å². The van der Waals surface area contributed by atoms with E-state index < -0.39 is 23.7 Å². The zero-order valence-electron chi connectivity index (χ0n) is 6.09. The number of allylic oxidation sites excluding steroid dienone is 1. The van der Waals surface area contributed by atoms with E-state index in [9.17, 15) is 22.0 Å². The summed E-state index contributed by atoms with van der Waals surface area (Å²) in [6, 6.07) is 0. The van der Waals surface area contributed by atoms with Crippen molar-refractivity contribution in [3.05, 3.63) is 11.7 Å². The molecule has 0 atom stereocenters. The number of rotatable bonds is 1.